The zero-order chi connectivity index (χ0) is 28.6. The summed E-state index contributed by atoms with van der Waals surface area (Å²) in [7, 11) is 0. The van der Waals surface area contributed by atoms with Crippen LogP contribution >= 0.6 is 0 Å². The maximum Gasteiger partial charge on any atom is 0.254 e. The molecule has 2 amide bonds. The SMILES string of the molecule is O=C([O-])C1CCN(c2cncc(CC(=O)N3CCN(C(=O)c4cccc(OCCC5CCCCC5)c4)CC3)c2)CC1. The van der Waals surface area contributed by atoms with Crippen LogP contribution in [0.4, 0.5) is 5.69 Å². The Hall–Kier alpha value is -3.62. The highest BCUT2D eigenvalue weighted by Crippen LogP contribution is 2.27. The molecule has 9 nitrogen and oxygen atoms in total. The molecule has 41 heavy (non-hydrogen) atoms. The van der Waals surface area contributed by atoms with Crippen molar-refractivity contribution < 1.29 is 24.2 Å². The van der Waals surface area contributed by atoms with Crippen LogP contribution in [-0.4, -0.2) is 78.4 Å². The number of carbonyl (C=O) groups excluding carboxylic acids is 3. The van der Waals surface area contributed by atoms with Gasteiger partial charge in [0.05, 0.1) is 24.9 Å². The Morgan fingerprint density at radius 3 is 2.34 bits per heavy atom. The summed E-state index contributed by atoms with van der Waals surface area (Å²) >= 11 is 0. The quantitative estimate of drug-likeness (QED) is 0.464. The number of anilines is 1. The summed E-state index contributed by atoms with van der Waals surface area (Å²) in [4.78, 5) is 47.5. The minimum Gasteiger partial charge on any atom is -0.550 e. The molecule has 1 aliphatic carbocycles. The molecular formula is C32H41N4O5-. The highest BCUT2D eigenvalue weighted by molar-refractivity contribution is 5.94. The fourth-order valence-corrected chi connectivity index (χ4v) is 6.28. The fourth-order valence-electron chi connectivity index (χ4n) is 6.28. The fraction of sp³-hybridized carbons (Fsp3) is 0.562. The first-order chi connectivity index (χ1) is 20.0. The molecule has 3 fully saturated rings. The Morgan fingerprint density at radius 2 is 1.61 bits per heavy atom. The van der Waals surface area contributed by atoms with Gasteiger partial charge in [-0.3, -0.25) is 14.6 Å². The predicted octanol–water partition coefficient (Wildman–Crippen LogP) is 2.92. The zero-order valence-electron chi connectivity index (χ0n) is 23.8. The van der Waals surface area contributed by atoms with Gasteiger partial charge < -0.3 is 29.3 Å². The van der Waals surface area contributed by atoms with Gasteiger partial charge in [-0.2, -0.15) is 0 Å². The predicted molar refractivity (Wildman–Crippen MR) is 153 cm³/mol. The van der Waals surface area contributed by atoms with Crippen LogP contribution in [0.25, 0.3) is 0 Å². The molecule has 0 bridgehead atoms. The number of piperidine rings is 1. The lowest BCUT2D eigenvalue weighted by Gasteiger charge is -2.35. The van der Waals surface area contributed by atoms with Crippen molar-refractivity contribution >= 4 is 23.5 Å². The lowest BCUT2D eigenvalue weighted by atomic mass is 9.87. The summed E-state index contributed by atoms with van der Waals surface area (Å²) in [6.45, 7) is 3.90. The van der Waals surface area contributed by atoms with Gasteiger partial charge in [0.25, 0.3) is 5.91 Å². The molecule has 1 aromatic carbocycles. The van der Waals surface area contributed by atoms with Crippen molar-refractivity contribution in [2.45, 2.75) is 57.8 Å². The number of amides is 2. The van der Waals surface area contributed by atoms with Gasteiger partial charge in [-0.05, 0) is 55.0 Å². The Balaban J connectivity index is 1.08. The number of hydrogen-bond acceptors (Lipinski definition) is 7. The van der Waals surface area contributed by atoms with E-state index in [1.54, 1.807) is 12.4 Å². The van der Waals surface area contributed by atoms with Crippen LogP contribution in [-0.2, 0) is 16.0 Å². The number of carboxylic acids is 1. The Labute approximate surface area is 242 Å². The number of carboxylic acid groups (broad SMARTS) is 1. The van der Waals surface area contributed by atoms with Crippen molar-refractivity contribution in [2.75, 3.05) is 50.8 Å². The van der Waals surface area contributed by atoms with Crippen molar-refractivity contribution in [1.82, 2.24) is 14.8 Å². The Kier molecular flexibility index (Phi) is 9.75. The maximum atomic E-state index is 13.2. The van der Waals surface area contributed by atoms with E-state index in [4.69, 9.17) is 4.74 Å². The van der Waals surface area contributed by atoms with Crippen LogP contribution in [0.1, 0.15) is 67.3 Å². The molecule has 9 heteroatoms. The molecule has 0 atom stereocenters. The van der Waals surface area contributed by atoms with Gasteiger partial charge in [-0.15, -0.1) is 0 Å². The number of aromatic nitrogens is 1. The number of benzene rings is 1. The van der Waals surface area contributed by atoms with Crippen molar-refractivity contribution in [3.8, 4) is 5.75 Å². The minimum atomic E-state index is -0.980. The lowest BCUT2D eigenvalue weighted by molar-refractivity contribution is -0.312. The lowest BCUT2D eigenvalue weighted by Crippen LogP contribution is -2.51. The third-order valence-electron chi connectivity index (χ3n) is 8.85. The molecular weight excluding hydrogens is 520 g/mol. The van der Waals surface area contributed by atoms with Gasteiger partial charge in [0.1, 0.15) is 5.75 Å². The molecule has 0 unspecified atom stereocenters. The van der Waals surface area contributed by atoms with Crippen LogP contribution in [0.5, 0.6) is 5.75 Å². The van der Waals surface area contributed by atoms with E-state index in [9.17, 15) is 19.5 Å². The summed E-state index contributed by atoms with van der Waals surface area (Å²) in [5.74, 6) is 0.0945. The molecule has 5 rings (SSSR count). The van der Waals surface area contributed by atoms with Crippen molar-refractivity contribution in [1.29, 1.82) is 0 Å². The largest absolute Gasteiger partial charge is 0.550 e. The van der Waals surface area contributed by atoms with E-state index in [1.165, 1.54) is 32.1 Å². The first-order valence-electron chi connectivity index (χ1n) is 15.2. The minimum absolute atomic E-state index is 0.0140. The third-order valence-corrected chi connectivity index (χ3v) is 8.85. The number of aliphatic carboxylic acids is 1. The summed E-state index contributed by atoms with van der Waals surface area (Å²) < 4.78 is 6.00. The highest BCUT2D eigenvalue weighted by Gasteiger charge is 2.26. The molecule has 0 N–H and O–H groups in total. The van der Waals surface area contributed by atoms with Gasteiger partial charge in [-0.1, -0.05) is 38.2 Å². The Bertz CT molecular complexity index is 1200. The van der Waals surface area contributed by atoms with Crippen LogP contribution in [0.3, 0.4) is 0 Å². The topological polar surface area (TPSA) is 106 Å². The molecule has 3 aliphatic rings. The van der Waals surface area contributed by atoms with Gasteiger partial charge in [0.15, 0.2) is 0 Å². The zero-order valence-corrected chi connectivity index (χ0v) is 23.8. The van der Waals surface area contributed by atoms with Crippen LogP contribution in [0.2, 0.25) is 0 Å². The first kappa shape index (κ1) is 28.9. The van der Waals surface area contributed by atoms with Crippen molar-refractivity contribution in [2.24, 2.45) is 11.8 Å². The number of pyridine rings is 1. The van der Waals surface area contributed by atoms with Gasteiger partial charge in [0, 0.05) is 62.9 Å². The monoisotopic (exact) mass is 561 g/mol. The number of hydrogen-bond donors (Lipinski definition) is 0. The average Bonchev–Trinajstić information content (AvgIpc) is 3.01. The summed E-state index contributed by atoms with van der Waals surface area (Å²) in [5, 5.41) is 11.1. The molecule has 2 aromatic rings. The third kappa shape index (κ3) is 7.77. The maximum absolute atomic E-state index is 13.2. The molecule has 0 spiro atoms. The smallest absolute Gasteiger partial charge is 0.254 e. The molecule has 2 saturated heterocycles. The second kappa shape index (κ2) is 13.8. The Morgan fingerprint density at radius 1 is 0.878 bits per heavy atom. The molecule has 2 aliphatic heterocycles. The first-order valence-corrected chi connectivity index (χ1v) is 15.2. The molecule has 1 saturated carbocycles. The molecule has 220 valence electrons. The van der Waals surface area contributed by atoms with Crippen molar-refractivity contribution in [3.05, 3.63) is 53.9 Å². The summed E-state index contributed by atoms with van der Waals surface area (Å²) in [5.41, 5.74) is 2.35. The van der Waals surface area contributed by atoms with E-state index in [1.807, 2.05) is 40.1 Å². The average molecular weight is 562 g/mol. The van der Waals surface area contributed by atoms with E-state index < -0.39 is 11.9 Å². The van der Waals surface area contributed by atoms with Gasteiger partial charge >= 0.3 is 0 Å². The van der Waals surface area contributed by atoms with E-state index >= 15 is 0 Å². The van der Waals surface area contributed by atoms with Crippen LogP contribution in [0.15, 0.2) is 42.7 Å². The number of carbonyl (C=O) groups is 3. The van der Waals surface area contributed by atoms with E-state index in [2.05, 4.69) is 9.88 Å². The van der Waals surface area contributed by atoms with E-state index in [0.717, 1.165) is 29.3 Å². The molecule has 1 aromatic heterocycles. The second-order valence-corrected chi connectivity index (χ2v) is 11.7. The van der Waals surface area contributed by atoms with Gasteiger partial charge in [-0.25, -0.2) is 0 Å². The number of rotatable bonds is 9. The molecule has 3 heterocycles. The van der Waals surface area contributed by atoms with Crippen molar-refractivity contribution in [3.63, 3.8) is 0 Å². The summed E-state index contributed by atoms with van der Waals surface area (Å²) in [6, 6.07) is 9.41. The highest BCUT2D eigenvalue weighted by atomic mass is 16.5. The number of piperazine rings is 1. The van der Waals surface area contributed by atoms with Crippen LogP contribution < -0.4 is 14.7 Å². The number of ether oxygens (including phenoxy) is 1. The normalized spacial score (nSPS) is 18.8. The standard InChI is InChI=1S/C32H42N4O5/c37-30(20-25-19-28(23-33-22-25)34-12-9-26(10-13-34)32(39)40)35-14-16-36(17-15-35)31(38)27-7-4-8-29(21-27)41-18-11-24-5-2-1-3-6-24/h4,7-8,19,21-24,26H,1-3,5-6,9-18,20H2,(H,39,40)/p-1. The summed E-state index contributed by atoms with van der Waals surface area (Å²) in [6.07, 6.45) is 12.5. The van der Waals surface area contributed by atoms with E-state index in [0.29, 0.717) is 64.3 Å². The number of nitrogens with zero attached hydrogens (tertiary/aromatic N) is 4. The molecule has 0 radical (unpaired) electrons. The second-order valence-electron chi connectivity index (χ2n) is 11.7. The van der Waals surface area contributed by atoms with Crippen LogP contribution in [0, 0.1) is 11.8 Å². The van der Waals surface area contributed by atoms with Gasteiger partial charge in [0.2, 0.25) is 5.91 Å². The van der Waals surface area contributed by atoms with E-state index in [-0.39, 0.29) is 18.2 Å².